The number of benzene rings is 1. The average Bonchev–Trinajstić information content (AvgIpc) is 2.85. The Hall–Kier alpha value is -2.18. The molecule has 3 saturated heterocycles. The van der Waals surface area contributed by atoms with Gasteiger partial charge >= 0.3 is 0 Å². The van der Waals surface area contributed by atoms with E-state index in [2.05, 4.69) is 32.3 Å². The van der Waals surface area contributed by atoms with Crippen LogP contribution in [0.3, 0.4) is 0 Å². The van der Waals surface area contributed by atoms with Gasteiger partial charge in [-0.2, -0.15) is 5.10 Å². The highest BCUT2D eigenvalue weighted by molar-refractivity contribution is 6.04. The molecule has 1 aromatic carbocycles. The van der Waals surface area contributed by atoms with Crippen molar-refractivity contribution < 1.29 is 4.79 Å². The summed E-state index contributed by atoms with van der Waals surface area (Å²) in [4.78, 5) is 17.8. The van der Waals surface area contributed by atoms with Crippen LogP contribution in [-0.2, 0) is 13.1 Å². The maximum absolute atomic E-state index is 12.6. The van der Waals surface area contributed by atoms with E-state index in [0.29, 0.717) is 11.6 Å². The van der Waals surface area contributed by atoms with E-state index in [0.717, 1.165) is 31.0 Å². The molecule has 2 bridgehead atoms. The topological polar surface area (TPSA) is 53.4 Å². The van der Waals surface area contributed by atoms with Crippen molar-refractivity contribution in [1.82, 2.24) is 19.6 Å². The van der Waals surface area contributed by atoms with E-state index in [-0.39, 0.29) is 5.91 Å². The smallest absolute Gasteiger partial charge is 0.256 e. The lowest BCUT2D eigenvalue weighted by molar-refractivity contribution is 0.102. The molecule has 1 aromatic heterocycles. The van der Waals surface area contributed by atoms with Crippen LogP contribution in [0.2, 0.25) is 0 Å². The van der Waals surface area contributed by atoms with Gasteiger partial charge in [0.1, 0.15) is 5.82 Å². The van der Waals surface area contributed by atoms with Gasteiger partial charge in [0.25, 0.3) is 5.91 Å². The summed E-state index contributed by atoms with van der Waals surface area (Å²) in [6, 6.07) is 8.77. The summed E-state index contributed by atoms with van der Waals surface area (Å²) in [6.07, 6.45) is 4.35. The highest BCUT2D eigenvalue weighted by Crippen LogP contribution is 2.23. The molecular weight excluding hydrogens is 338 g/mol. The van der Waals surface area contributed by atoms with Crippen molar-refractivity contribution in [3.63, 3.8) is 0 Å². The number of carbonyl (C=O) groups excluding carboxylic acids is 1. The first-order chi connectivity index (χ1) is 13.1. The summed E-state index contributed by atoms with van der Waals surface area (Å²) in [5.41, 5.74) is 2.94. The zero-order valence-corrected chi connectivity index (χ0v) is 16.3. The second-order valence-electron chi connectivity index (χ2n) is 7.69. The van der Waals surface area contributed by atoms with E-state index in [4.69, 9.17) is 0 Å². The Labute approximate surface area is 161 Å². The molecule has 3 aliphatic heterocycles. The van der Waals surface area contributed by atoms with E-state index >= 15 is 0 Å². The van der Waals surface area contributed by atoms with Gasteiger partial charge in [0.2, 0.25) is 0 Å². The largest absolute Gasteiger partial charge is 0.307 e. The van der Waals surface area contributed by atoms with Gasteiger partial charge in [-0.25, -0.2) is 4.68 Å². The third kappa shape index (κ3) is 3.92. The molecule has 0 spiro atoms. The van der Waals surface area contributed by atoms with Gasteiger partial charge in [-0.15, -0.1) is 0 Å². The van der Waals surface area contributed by atoms with Crippen LogP contribution < -0.4 is 5.32 Å². The van der Waals surface area contributed by atoms with E-state index in [1.807, 2.05) is 30.7 Å². The number of aromatic nitrogens is 2. The molecule has 3 aliphatic rings. The van der Waals surface area contributed by atoms with Gasteiger partial charge in [0.15, 0.2) is 0 Å². The van der Waals surface area contributed by atoms with Crippen molar-refractivity contribution in [3.8, 4) is 0 Å². The van der Waals surface area contributed by atoms with Crippen LogP contribution in [-0.4, -0.2) is 57.7 Å². The molecule has 0 atom stereocenters. The number of nitrogens with zero attached hydrogens (tertiary/aromatic N) is 4. The Balaban J connectivity index is 1.41. The van der Waals surface area contributed by atoms with Gasteiger partial charge in [-0.05, 0) is 57.5 Å². The van der Waals surface area contributed by atoms with Crippen LogP contribution in [0, 0.1) is 6.92 Å². The normalized spacial score (nSPS) is 22.6. The molecule has 1 N–H and O–H groups in total. The SMILES string of the molecule is CCn1ncc(C)c1NC(=O)c1ccc(CN2CCN3CCC2CC3)cc1. The number of hydrogen-bond donors (Lipinski definition) is 1. The van der Waals surface area contributed by atoms with Crippen LogP contribution >= 0.6 is 0 Å². The Morgan fingerprint density at radius 2 is 1.89 bits per heavy atom. The van der Waals surface area contributed by atoms with Crippen molar-refractivity contribution >= 4 is 11.7 Å². The molecule has 27 heavy (non-hydrogen) atoms. The van der Waals surface area contributed by atoms with Gasteiger partial charge in [0.05, 0.1) is 6.20 Å². The first kappa shape index (κ1) is 18.2. The average molecular weight is 367 g/mol. The molecular formula is C21H29N5O. The minimum Gasteiger partial charge on any atom is -0.307 e. The van der Waals surface area contributed by atoms with Crippen LogP contribution in [0.5, 0.6) is 0 Å². The summed E-state index contributed by atoms with van der Waals surface area (Å²) < 4.78 is 1.81. The standard InChI is InChI=1S/C21H29N5O/c1-3-26-20(16(2)14-22-26)23-21(27)18-6-4-17(5-7-18)15-25-13-12-24-10-8-19(25)9-11-24/h4-7,14,19H,3,8-13,15H2,1-2H3,(H,23,27). The lowest BCUT2D eigenvalue weighted by Crippen LogP contribution is -2.37. The van der Waals surface area contributed by atoms with Crippen LogP contribution in [0.1, 0.15) is 41.3 Å². The molecule has 3 fully saturated rings. The second kappa shape index (κ2) is 7.82. The number of piperidine rings is 1. The van der Waals surface area contributed by atoms with Crippen LogP contribution in [0.4, 0.5) is 5.82 Å². The number of aryl methyl sites for hydroxylation is 2. The monoisotopic (exact) mass is 367 g/mol. The molecule has 2 aromatic rings. The molecule has 6 heteroatoms. The van der Waals surface area contributed by atoms with E-state index < -0.39 is 0 Å². The quantitative estimate of drug-likeness (QED) is 0.883. The number of carbonyl (C=O) groups is 1. The maximum atomic E-state index is 12.6. The molecule has 0 aliphatic carbocycles. The van der Waals surface area contributed by atoms with Gasteiger partial charge < -0.3 is 10.2 Å². The van der Waals surface area contributed by atoms with E-state index in [1.165, 1.54) is 38.0 Å². The number of hydrogen-bond acceptors (Lipinski definition) is 4. The first-order valence-corrected chi connectivity index (χ1v) is 10.0. The van der Waals surface area contributed by atoms with Crippen molar-refractivity contribution in [1.29, 1.82) is 0 Å². The Kier molecular flexibility index (Phi) is 5.27. The minimum absolute atomic E-state index is 0.0824. The van der Waals surface area contributed by atoms with Crippen LogP contribution in [0.25, 0.3) is 0 Å². The molecule has 0 unspecified atom stereocenters. The maximum Gasteiger partial charge on any atom is 0.256 e. The third-order valence-corrected chi connectivity index (χ3v) is 5.93. The van der Waals surface area contributed by atoms with Crippen molar-refractivity contribution in [3.05, 3.63) is 47.2 Å². The summed E-state index contributed by atoms with van der Waals surface area (Å²) in [7, 11) is 0. The lowest BCUT2D eigenvalue weighted by Gasteiger charge is -2.31. The summed E-state index contributed by atoms with van der Waals surface area (Å²) >= 11 is 0. The fourth-order valence-corrected chi connectivity index (χ4v) is 4.23. The summed E-state index contributed by atoms with van der Waals surface area (Å²) in [6.45, 7) is 10.5. The van der Waals surface area contributed by atoms with Crippen molar-refractivity contribution in [2.24, 2.45) is 0 Å². The fourth-order valence-electron chi connectivity index (χ4n) is 4.23. The summed E-state index contributed by atoms with van der Waals surface area (Å²) in [5, 5.41) is 7.28. The number of nitrogens with one attached hydrogen (secondary N) is 1. The molecule has 5 rings (SSSR count). The van der Waals surface area contributed by atoms with E-state index in [9.17, 15) is 4.79 Å². The van der Waals surface area contributed by atoms with Crippen LogP contribution in [0.15, 0.2) is 30.5 Å². The molecule has 0 radical (unpaired) electrons. The fraction of sp³-hybridized carbons (Fsp3) is 0.524. The number of rotatable bonds is 5. The number of fused-ring (bicyclic) bond motifs is 4. The lowest BCUT2D eigenvalue weighted by atomic mass is 10.0. The Morgan fingerprint density at radius 3 is 2.59 bits per heavy atom. The predicted octanol–water partition coefficient (Wildman–Crippen LogP) is 2.74. The minimum atomic E-state index is -0.0824. The first-order valence-electron chi connectivity index (χ1n) is 10.0. The Morgan fingerprint density at radius 1 is 1.15 bits per heavy atom. The highest BCUT2D eigenvalue weighted by Gasteiger charge is 2.28. The zero-order valence-electron chi connectivity index (χ0n) is 16.3. The van der Waals surface area contributed by atoms with Gasteiger partial charge in [-0.3, -0.25) is 9.69 Å². The number of amides is 1. The summed E-state index contributed by atoms with van der Waals surface area (Å²) in [5.74, 6) is 0.697. The molecule has 1 amide bonds. The predicted molar refractivity (Wildman–Crippen MR) is 107 cm³/mol. The van der Waals surface area contributed by atoms with Crippen molar-refractivity contribution in [2.75, 3.05) is 31.5 Å². The second-order valence-corrected chi connectivity index (χ2v) is 7.69. The third-order valence-electron chi connectivity index (χ3n) is 5.93. The molecule has 0 saturated carbocycles. The Bertz CT molecular complexity index is 789. The zero-order chi connectivity index (χ0) is 18.8. The molecule has 4 heterocycles. The van der Waals surface area contributed by atoms with Gasteiger partial charge in [0, 0.05) is 43.3 Å². The van der Waals surface area contributed by atoms with Gasteiger partial charge in [-0.1, -0.05) is 12.1 Å². The van der Waals surface area contributed by atoms with E-state index in [1.54, 1.807) is 6.20 Å². The highest BCUT2D eigenvalue weighted by atomic mass is 16.1. The molecule has 144 valence electrons. The van der Waals surface area contributed by atoms with Crippen molar-refractivity contribution in [2.45, 2.75) is 45.8 Å². The molecule has 6 nitrogen and oxygen atoms in total. The number of anilines is 1.